The number of aliphatic hydroxyl groups is 1. The van der Waals surface area contributed by atoms with E-state index in [-0.39, 0.29) is 12.0 Å². The predicted molar refractivity (Wildman–Crippen MR) is 120 cm³/mol. The number of rotatable bonds is 17. The quantitative estimate of drug-likeness (QED) is 0.285. The Balaban J connectivity index is 0.000000807. The Bertz CT molecular complexity index is 425. The molecule has 2 N–H and O–H groups in total. The van der Waals surface area contributed by atoms with Crippen molar-refractivity contribution in [3.63, 3.8) is 0 Å². The van der Waals surface area contributed by atoms with Gasteiger partial charge in [-0.3, -0.25) is 9.59 Å². The number of aliphatic carboxylic acids is 1. The van der Waals surface area contributed by atoms with E-state index in [9.17, 15) is 14.7 Å². The predicted octanol–water partition coefficient (Wildman–Crippen LogP) is 6.06. The van der Waals surface area contributed by atoms with Crippen LogP contribution in [-0.2, 0) is 9.59 Å². The van der Waals surface area contributed by atoms with Gasteiger partial charge in [0.1, 0.15) is 0 Å². The van der Waals surface area contributed by atoms with Crippen molar-refractivity contribution in [1.82, 2.24) is 4.90 Å². The van der Waals surface area contributed by atoms with Crippen molar-refractivity contribution in [1.29, 1.82) is 0 Å². The maximum Gasteiger partial charge on any atom is 0.303 e. The Hall–Kier alpha value is -1.36. The molecule has 0 saturated carbocycles. The van der Waals surface area contributed by atoms with E-state index in [1.165, 1.54) is 51.4 Å². The highest BCUT2D eigenvalue weighted by Crippen LogP contribution is 2.14. The monoisotopic (exact) mass is 411 g/mol. The molecule has 5 nitrogen and oxygen atoms in total. The third-order valence-electron chi connectivity index (χ3n) is 5.40. The summed E-state index contributed by atoms with van der Waals surface area (Å²) in [6.07, 6.45) is 19.5. The molecule has 0 aromatic carbocycles. The van der Waals surface area contributed by atoms with Gasteiger partial charge in [-0.25, -0.2) is 0 Å². The van der Waals surface area contributed by atoms with Crippen LogP contribution >= 0.6 is 0 Å². The van der Waals surface area contributed by atoms with Crippen molar-refractivity contribution >= 4 is 11.9 Å². The second-order valence-corrected chi connectivity index (χ2v) is 8.14. The molecule has 1 heterocycles. The fourth-order valence-corrected chi connectivity index (χ4v) is 3.53. The summed E-state index contributed by atoms with van der Waals surface area (Å²) in [6.45, 7) is 6.57. The Morgan fingerprint density at radius 1 is 1.00 bits per heavy atom. The largest absolute Gasteiger partial charge is 0.481 e. The van der Waals surface area contributed by atoms with E-state index >= 15 is 0 Å². The van der Waals surface area contributed by atoms with Crippen LogP contribution in [0.3, 0.4) is 0 Å². The van der Waals surface area contributed by atoms with Crippen molar-refractivity contribution in [3.8, 4) is 0 Å². The summed E-state index contributed by atoms with van der Waals surface area (Å²) in [4.78, 5) is 22.7. The number of hydrogen-bond donors (Lipinski definition) is 2. The highest BCUT2D eigenvalue weighted by atomic mass is 16.4. The molecule has 1 amide bonds. The smallest absolute Gasteiger partial charge is 0.303 e. The lowest BCUT2D eigenvalue weighted by molar-refractivity contribution is -0.137. The highest BCUT2D eigenvalue weighted by molar-refractivity contribution is 5.78. The number of likely N-dealkylation sites (tertiary alicyclic amines) is 1. The topological polar surface area (TPSA) is 77.8 Å². The second kappa shape index (κ2) is 19.9. The number of aliphatic hydroxyl groups excluding tert-OH is 1. The van der Waals surface area contributed by atoms with Crippen LogP contribution in [-0.4, -0.2) is 39.6 Å². The van der Waals surface area contributed by atoms with Crippen molar-refractivity contribution in [3.05, 3.63) is 12.8 Å². The summed E-state index contributed by atoms with van der Waals surface area (Å²) < 4.78 is 0. The number of carbonyl (C=O) groups is 2. The standard InChI is InChI=1S/C18H36O3.C6H9NO/c1-2-3-4-11-14-17(19)15-12-9-7-5-6-8-10-13-16-18(20)21;1-2-7-5-3-4-6(7)8/h17,19H,2-16H2,1H3,(H,20,21);2H,1,3-5H2. The number of amides is 1. The third kappa shape index (κ3) is 18.4. The Labute approximate surface area is 178 Å². The van der Waals surface area contributed by atoms with E-state index < -0.39 is 5.97 Å². The summed E-state index contributed by atoms with van der Waals surface area (Å²) >= 11 is 0. The molecule has 5 heteroatoms. The second-order valence-electron chi connectivity index (χ2n) is 8.14. The van der Waals surface area contributed by atoms with Gasteiger partial charge in [-0.15, -0.1) is 0 Å². The van der Waals surface area contributed by atoms with E-state index in [0.29, 0.717) is 12.8 Å². The molecule has 1 rings (SSSR count). The van der Waals surface area contributed by atoms with Crippen LogP contribution in [0.25, 0.3) is 0 Å². The van der Waals surface area contributed by atoms with E-state index in [1.54, 1.807) is 11.1 Å². The summed E-state index contributed by atoms with van der Waals surface area (Å²) in [6, 6.07) is 0. The minimum absolute atomic E-state index is 0.0853. The molecule has 1 aliphatic rings. The number of hydrogen-bond acceptors (Lipinski definition) is 3. The van der Waals surface area contributed by atoms with E-state index in [1.807, 2.05) is 0 Å². The minimum Gasteiger partial charge on any atom is -0.481 e. The molecule has 0 spiro atoms. The molecular formula is C24H45NO4. The molecule has 1 saturated heterocycles. The number of carboxylic acid groups (broad SMARTS) is 1. The third-order valence-corrected chi connectivity index (χ3v) is 5.40. The Kier molecular flexibility index (Phi) is 19.0. The van der Waals surface area contributed by atoms with Gasteiger partial charge in [-0.05, 0) is 31.9 Å². The SMILES string of the molecule is C=CN1CCCC1=O.CCCCCCC(O)CCCCCCCCCCC(=O)O. The van der Waals surface area contributed by atoms with Crippen LogP contribution < -0.4 is 0 Å². The van der Waals surface area contributed by atoms with Crippen molar-refractivity contribution < 1.29 is 19.8 Å². The zero-order valence-electron chi connectivity index (χ0n) is 18.7. The summed E-state index contributed by atoms with van der Waals surface area (Å²) in [5.41, 5.74) is 0. The normalized spacial score (nSPS) is 14.4. The molecule has 0 bridgehead atoms. The minimum atomic E-state index is -0.678. The molecule has 0 radical (unpaired) electrons. The average Bonchev–Trinajstić information content (AvgIpc) is 3.12. The van der Waals surface area contributed by atoms with Gasteiger partial charge in [0.15, 0.2) is 0 Å². The van der Waals surface area contributed by atoms with Crippen LogP contribution in [0.15, 0.2) is 12.8 Å². The van der Waals surface area contributed by atoms with Crippen LogP contribution in [0.5, 0.6) is 0 Å². The number of unbranched alkanes of at least 4 members (excludes halogenated alkanes) is 10. The van der Waals surface area contributed by atoms with E-state index in [0.717, 1.165) is 51.5 Å². The number of nitrogens with zero attached hydrogens (tertiary/aromatic N) is 1. The maximum absolute atomic E-state index is 10.7. The number of carboxylic acids is 1. The van der Waals surface area contributed by atoms with Crippen molar-refractivity contribution in [2.75, 3.05) is 6.54 Å². The van der Waals surface area contributed by atoms with Gasteiger partial charge in [-0.2, -0.15) is 0 Å². The molecule has 1 fully saturated rings. The number of carbonyl (C=O) groups excluding carboxylic acids is 1. The first-order chi connectivity index (χ1) is 14.0. The zero-order chi connectivity index (χ0) is 21.7. The molecule has 170 valence electrons. The molecule has 29 heavy (non-hydrogen) atoms. The van der Waals surface area contributed by atoms with Crippen LogP contribution in [0.4, 0.5) is 0 Å². The summed E-state index contributed by atoms with van der Waals surface area (Å²) in [7, 11) is 0. The van der Waals surface area contributed by atoms with Gasteiger partial charge in [0.25, 0.3) is 0 Å². The maximum atomic E-state index is 10.7. The molecule has 0 aliphatic carbocycles. The molecule has 1 atom stereocenters. The highest BCUT2D eigenvalue weighted by Gasteiger charge is 2.16. The molecule has 1 unspecified atom stereocenters. The van der Waals surface area contributed by atoms with Gasteiger partial charge < -0.3 is 15.1 Å². The van der Waals surface area contributed by atoms with Gasteiger partial charge >= 0.3 is 5.97 Å². The van der Waals surface area contributed by atoms with Crippen LogP contribution in [0.1, 0.15) is 116 Å². The average molecular weight is 412 g/mol. The van der Waals surface area contributed by atoms with Crippen molar-refractivity contribution in [2.24, 2.45) is 0 Å². The van der Waals surface area contributed by atoms with Crippen molar-refractivity contribution in [2.45, 2.75) is 122 Å². The van der Waals surface area contributed by atoms with Gasteiger partial charge in [0.2, 0.25) is 5.91 Å². The molecule has 1 aliphatic heterocycles. The first kappa shape index (κ1) is 27.6. The van der Waals surface area contributed by atoms with Gasteiger partial charge in [0, 0.05) is 19.4 Å². The first-order valence-electron chi connectivity index (χ1n) is 11.8. The molecule has 0 aromatic heterocycles. The van der Waals surface area contributed by atoms with Gasteiger partial charge in [0.05, 0.1) is 6.10 Å². The lowest BCUT2D eigenvalue weighted by Gasteiger charge is -2.10. The molecule has 0 aromatic rings. The first-order valence-corrected chi connectivity index (χ1v) is 11.8. The van der Waals surface area contributed by atoms with E-state index in [2.05, 4.69) is 13.5 Å². The summed E-state index contributed by atoms with van der Waals surface area (Å²) in [5, 5.41) is 18.4. The van der Waals surface area contributed by atoms with Gasteiger partial charge in [-0.1, -0.05) is 84.1 Å². The Morgan fingerprint density at radius 3 is 1.93 bits per heavy atom. The lowest BCUT2D eigenvalue weighted by Crippen LogP contribution is -2.16. The zero-order valence-corrected chi connectivity index (χ0v) is 18.7. The lowest BCUT2D eigenvalue weighted by atomic mass is 10.0. The fraction of sp³-hybridized carbons (Fsp3) is 0.833. The summed E-state index contributed by atoms with van der Waals surface area (Å²) in [5.74, 6) is -0.469. The van der Waals surface area contributed by atoms with Crippen LogP contribution in [0.2, 0.25) is 0 Å². The molecular weight excluding hydrogens is 366 g/mol. The fourth-order valence-electron chi connectivity index (χ4n) is 3.53. The van der Waals surface area contributed by atoms with E-state index in [4.69, 9.17) is 5.11 Å². The van der Waals surface area contributed by atoms with Crippen LogP contribution in [0, 0.1) is 0 Å². The Morgan fingerprint density at radius 2 is 1.52 bits per heavy atom.